The van der Waals surface area contributed by atoms with E-state index >= 15 is 0 Å². The lowest BCUT2D eigenvalue weighted by Crippen LogP contribution is -2.30. The standard InChI is InChI=1S/C13H15N3O4/c14-13(17)7-1-3-11(16(18)19)9(5-7)15-10-6-8-2-4-12(10)20-8/h1,3,5,8,10,12,15H,2,4,6H2,(H2,14,17). The molecule has 2 aliphatic rings. The Morgan fingerprint density at radius 2 is 2.25 bits per heavy atom. The van der Waals surface area contributed by atoms with Gasteiger partial charge in [0.1, 0.15) is 5.69 Å². The van der Waals surface area contributed by atoms with Gasteiger partial charge in [-0.1, -0.05) is 0 Å². The minimum Gasteiger partial charge on any atom is -0.374 e. The van der Waals surface area contributed by atoms with Crippen LogP contribution in [-0.4, -0.2) is 29.1 Å². The number of amides is 1. The molecule has 0 aromatic heterocycles. The van der Waals surface area contributed by atoms with Gasteiger partial charge >= 0.3 is 0 Å². The Morgan fingerprint density at radius 1 is 1.45 bits per heavy atom. The lowest BCUT2D eigenvalue weighted by atomic mass is 9.95. The van der Waals surface area contributed by atoms with Crippen molar-refractivity contribution in [2.75, 3.05) is 5.32 Å². The molecule has 7 heteroatoms. The lowest BCUT2D eigenvalue weighted by molar-refractivity contribution is -0.384. The molecule has 0 saturated carbocycles. The topological polar surface area (TPSA) is 107 Å². The van der Waals surface area contributed by atoms with E-state index in [1.165, 1.54) is 18.2 Å². The predicted molar refractivity (Wildman–Crippen MR) is 71.5 cm³/mol. The number of hydrogen-bond acceptors (Lipinski definition) is 5. The summed E-state index contributed by atoms with van der Waals surface area (Å²) in [5.41, 5.74) is 5.74. The number of fused-ring (bicyclic) bond motifs is 2. The number of nitro benzene ring substituents is 1. The second-order valence-corrected chi connectivity index (χ2v) is 5.21. The van der Waals surface area contributed by atoms with Gasteiger partial charge in [-0.15, -0.1) is 0 Å². The van der Waals surface area contributed by atoms with Gasteiger partial charge in [0.25, 0.3) is 5.69 Å². The zero-order valence-electron chi connectivity index (χ0n) is 10.7. The van der Waals surface area contributed by atoms with Gasteiger partial charge in [-0.3, -0.25) is 14.9 Å². The van der Waals surface area contributed by atoms with Crippen molar-refractivity contribution in [1.82, 2.24) is 0 Å². The Kier molecular flexibility index (Phi) is 3.06. The number of nitrogens with zero attached hydrogens (tertiary/aromatic N) is 1. The summed E-state index contributed by atoms with van der Waals surface area (Å²) in [5.74, 6) is -0.604. The van der Waals surface area contributed by atoms with Gasteiger partial charge in [-0.2, -0.15) is 0 Å². The highest BCUT2D eigenvalue weighted by atomic mass is 16.6. The molecular weight excluding hydrogens is 262 g/mol. The quantitative estimate of drug-likeness (QED) is 0.639. The van der Waals surface area contributed by atoms with Crippen LogP contribution >= 0.6 is 0 Å². The van der Waals surface area contributed by atoms with E-state index in [1.54, 1.807) is 0 Å². The van der Waals surface area contributed by atoms with Crippen molar-refractivity contribution in [3.63, 3.8) is 0 Å². The molecule has 3 rings (SSSR count). The number of ether oxygens (including phenoxy) is 1. The van der Waals surface area contributed by atoms with E-state index in [9.17, 15) is 14.9 Å². The van der Waals surface area contributed by atoms with Crippen molar-refractivity contribution in [3.8, 4) is 0 Å². The van der Waals surface area contributed by atoms with Crippen molar-refractivity contribution in [2.45, 2.75) is 37.5 Å². The van der Waals surface area contributed by atoms with E-state index in [2.05, 4.69) is 5.32 Å². The average Bonchev–Trinajstić information content (AvgIpc) is 3.00. The van der Waals surface area contributed by atoms with Crippen molar-refractivity contribution in [1.29, 1.82) is 0 Å². The Morgan fingerprint density at radius 3 is 2.80 bits per heavy atom. The summed E-state index contributed by atoms with van der Waals surface area (Å²) in [6.07, 6.45) is 3.19. The number of anilines is 1. The number of carbonyl (C=O) groups is 1. The Balaban J connectivity index is 1.88. The summed E-state index contributed by atoms with van der Waals surface area (Å²) in [5, 5.41) is 14.2. The largest absolute Gasteiger partial charge is 0.374 e. The monoisotopic (exact) mass is 277 g/mol. The summed E-state index contributed by atoms with van der Waals surface area (Å²) < 4.78 is 5.71. The molecule has 2 bridgehead atoms. The molecule has 2 heterocycles. The second kappa shape index (κ2) is 4.75. The minimum absolute atomic E-state index is 0.0515. The number of rotatable bonds is 4. The Labute approximate surface area is 115 Å². The molecule has 1 aromatic carbocycles. The SMILES string of the molecule is NC(=O)c1ccc([N+](=O)[O-])c(NC2CC3CCC2O3)c1. The smallest absolute Gasteiger partial charge is 0.292 e. The summed E-state index contributed by atoms with van der Waals surface area (Å²) in [7, 11) is 0. The van der Waals surface area contributed by atoms with Gasteiger partial charge in [0.15, 0.2) is 0 Å². The fourth-order valence-electron chi connectivity index (χ4n) is 2.95. The molecule has 0 radical (unpaired) electrons. The number of nitrogens with two attached hydrogens (primary N) is 1. The first kappa shape index (κ1) is 12.9. The summed E-state index contributed by atoms with van der Waals surface area (Å²) >= 11 is 0. The van der Waals surface area contributed by atoms with E-state index in [0.717, 1.165) is 19.3 Å². The molecule has 3 atom stereocenters. The minimum atomic E-state index is -0.604. The van der Waals surface area contributed by atoms with Crippen LogP contribution in [0, 0.1) is 10.1 Å². The number of nitro groups is 1. The van der Waals surface area contributed by atoms with Gasteiger partial charge in [0, 0.05) is 11.6 Å². The maximum Gasteiger partial charge on any atom is 0.292 e. The highest BCUT2D eigenvalue weighted by Gasteiger charge is 2.41. The summed E-state index contributed by atoms with van der Waals surface area (Å²) in [4.78, 5) is 21.8. The van der Waals surface area contributed by atoms with Gasteiger partial charge in [0.05, 0.1) is 23.2 Å². The number of nitrogens with one attached hydrogen (secondary N) is 1. The molecule has 1 aromatic rings. The van der Waals surface area contributed by atoms with E-state index < -0.39 is 10.8 Å². The molecule has 7 nitrogen and oxygen atoms in total. The first-order valence-corrected chi connectivity index (χ1v) is 6.55. The maximum absolute atomic E-state index is 11.2. The molecule has 0 spiro atoms. The number of primary amides is 1. The van der Waals surface area contributed by atoms with E-state index in [4.69, 9.17) is 10.5 Å². The normalized spacial score (nSPS) is 27.5. The zero-order valence-corrected chi connectivity index (χ0v) is 10.7. The van der Waals surface area contributed by atoms with E-state index in [-0.39, 0.29) is 29.5 Å². The summed E-state index contributed by atoms with van der Waals surface area (Å²) in [6, 6.07) is 4.15. The van der Waals surface area contributed by atoms with Crippen LogP contribution in [0.15, 0.2) is 18.2 Å². The molecule has 2 fully saturated rings. The van der Waals surface area contributed by atoms with Crippen LogP contribution in [0.3, 0.4) is 0 Å². The Hall–Kier alpha value is -2.15. The third-order valence-corrected chi connectivity index (χ3v) is 3.92. The third kappa shape index (κ3) is 2.20. The van der Waals surface area contributed by atoms with Crippen LogP contribution in [0.4, 0.5) is 11.4 Å². The van der Waals surface area contributed by atoms with Gasteiger partial charge in [-0.25, -0.2) is 0 Å². The second-order valence-electron chi connectivity index (χ2n) is 5.21. The van der Waals surface area contributed by atoms with Crippen LogP contribution in [0.5, 0.6) is 0 Å². The van der Waals surface area contributed by atoms with Crippen LogP contribution < -0.4 is 11.1 Å². The average molecular weight is 277 g/mol. The highest BCUT2D eigenvalue weighted by Crippen LogP contribution is 2.37. The third-order valence-electron chi connectivity index (χ3n) is 3.92. The number of hydrogen-bond donors (Lipinski definition) is 2. The van der Waals surface area contributed by atoms with Crippen molar-refractivity contribution < 1.29 is 14.5 Å². The zero-order chi connectivity index (χ0) is 14.3. The van der Waals surface area contributed by atoms with Crippen molar-refractivity contribution in [2.24, 2.45) is 5.73 Å². The van der Waals surface area contributed by atoms with Crippen LogP contribution in [0.2, 0.25) is 0 Å². The van der Waals surface area contributed by atoms with Crippen molar-refractivity contribution >= 4 is 17.3 Å². The molecule has 0 aliphatic carbocycles. The lowest BCUT2D eigenvalue weighted by Gasteiger charge is -2.21. The number of carbonyl (C=O) groups excluding carboxylic acids is 1. The molecule has 3 N–H and O–H groups in total. The fraction of sp³-hybridized carbons (Fsp3) is 0.462. The highest BCUT2D eigenvalue weighted by molar-refractivity contribution is 5.94. The molecule has 2 aliphatic heterocycles. The van der Waals surface area contributed by atoms with Gasteiger partial charge in [0.2, 0.25) is 5.91 Å². The molecule has 106 valence electrons. The summed E-state index contributed by atoms with van der Waals surface area (Å²) in [6.45, 7) is 0. The van der Waals surface area contributed by atoms with Gasteiger partial charge in [-0.05, 0) is 31.4 Å². The molecule has 1 amide bonds. The number of benzene rings is 1. The van der Waals surface area contributed by atoms with Crippen LogP contribution in [-0.2, 0) is 4.74 Å². The first-order chi connectivity index (χ1) is 9.54. The molecule has 3 unspecified atom stereocenters. The Bertz CT molecular complexity index is 575. The maximum atomic E-state index is 11.2. The van der Waals surface area contributed by atoms with E-state index in [1.807, 2.05) is 0 Å². The van der Waals surface area contributed by atoms with Gasteiger partial charge < -0.3 is 15.8 Å². The molecular formula is C13H15N3O4. The van der Waals surface area contributed by atoms with E-state index in [0.29, 0.717) is 5.69 Å². The fourth-order valence-corrected chi connectivity index (χ4v) is 2.95. The van der Waals surface area contributed by atoms with Crippen molar-refractivity contribution in [3.05, 3.63) is 33.9 Å². The van der Waals surface area contributed by atoms with Crippen LogP contribution in [0.1, 0.15) is 29.6 Å². The predicted octanol–water partition coefficient (Wildman–Crippen LogP) is 1.43. The van der Waals surface area contributed by atoms with Crippen LogP contribution in [0.25, 0.3) is 0 Å². The molecule has 2 saturated heterocycles. The first-order valence-electron chi connectivity index (χ1n) is 6.55. The molecule has 20 heavy (non-hydrogen) atoms.